The SMILES string of the molecule is COc1ccc(CCNS(=O)(=O)/C=C/c2ccc(Cl)cc2)cc1. The van der Waals surface area contributed by atoms with Crippen molar-refractivity contribution >= 4 is 27.7 Å². The molecular weight excluding hydrogens is 334 g/mol. The maximum Gasteiger partial charge on any atom is 0.233 e. The first-order valence-corrected chi connectivity index (χ1v) is 8.97. The predicted molar refractivity (Wildman–Crippen MR) is 94.1 cm³/mol. The van der Waals surface area contributed by atoms with Crippen molar-refractivity contribution in [1.82, 2.24) is 4.72 Å². The van der Waals surface area contributed by atoms with Gasteiger partial charge < -0.3 is 4.74 Å². The van der Waals surface area contributed by atoms with Gasteiger partial charge in [-0.1, -0.05) is 35.9 Å². The van der Waals surface area contributed by atoms with Crippen LogP contribution in [0.1, 0.15) is 11.1 Å². The Labute approximate surface area is 141 Å². The molecule has 2 aromatic rings. The van der Waals surface area contributed by atoms with Crippen molar-refractivity contribution in [3.63, 3.8) is 0 Å². The van der Waals surface area contributed by atoms with E-state index >= 15 is 0 Å². The number of hydrogen-bond donors (Lipinski definition) is 1. The zero-order valence-corrected chi connectivity index (χ0v) is 14.3. The average molecular weight is 352 g/mol. The van der Waals surface area contributed by atoms with Crippen molar-refractivity contribution in [2.75, 3.05) is 13.7 Å². The molecule has 0 atom stereocenters. The zero-order chi connectivity index (χ0) is 16.7. The predicted octanol–water partition coefficient (Wildman–Crippen LogP) is 3.48. The molecule has 0 radical (unpaired) electrons. The minimum Gasteiger partial charge on any atom is -0.497 e. The third-order valence-electron chi connectivity index (χ3n) is 3.19. The van der Waals surface area contributed by atoms with Crippen LogP contribution in [-0.2, 0) is 16.4 Å². The van der Waals surface area contributed by atoms with Gasteiger partial charge in [0, 0.05) is 17.0 Å². The molecule has 0 fully saturated rings. The molecule has 0 aliphatic heterocycles. The van der Waals surface area contributed by atoms with Crippen LogP contribution in [-0.4, -0.2) is 22.1 Å². The van der Waals surface area contributed by atoms with E-state index in [1.807, 2.05) is 24.3 Å². The number of benzene rings is 2. The molecule has 4 nitrogen and oxygen atoms in total. The number of methoxy groups -OCH3 is 1. The van der Waals surface area contributed by atoms with Crippen molar-refractivity contribution in [2.24, 2.45) is 0 Å². The topological polar surface area (TPSA) is 55.4 Å². The minimum atomic E-state index is -3.46. The third kappa shape index (κ3) is 6.06. The van der Waals surface area contributed by atoms with E-state index in [2.05, 4.69) is 4.72 Å². The van der Waals surface area contributed by atoms with Crippen molar-refractivity contribution in [3.8, 4) is 5.75 Å². The standard InChI is InChI=1S/C17H18ClNO3S/c1-22-17-8-4-14(5-9-17)10-12-19-23(20,21)13-11-15-2-6-16(18)7-3-15/h2-9,11,13,19H,10,12H2,1H3/b13-11+. The number of ether oxygens (including phenoxy) is 1. The molecule has 0 heterocycles. The summed E-state index contributed by atoms with van der Waals surface area (Å²) in [6.07, 6.45) is 2.14. The quantitative estimate of drug-likeness (QED) is 0.830. The maximum atomic E-state index is 11.9. The molecule has 1 N–H and O–H groups in total. The Bertz CT molecular complexity index is 753. The third-order valence-corrected chi connectivity index (χ3v) is 4.54. The molecule has 6 heteroatoms. The fourth-order valence-electron chi connectivity index (χ4n) is 1.92. The Morgan fingerprint density at radius 3 is 2.35 bits per heavy atom. The van der Waals surface area contributed by atoms with Crippen LogP contribution in [0.25, 0.3) is 6.08 Å². The molecule has 0 bridgehead atoms. The van der Waals surface area contributed by atoms with Crippen molar-refractivity contribution in [1.29, 1.82) is 0 Å². The van der Waals surface area contributed by atoms with Crippen molar-refractivity contribution in [3.05, 3.63) is 70.1 Å². The molecule has 0 aromatic heterocycles. The van der Waals surface area contributed by atoms with Gasteiger partial charge in [0.05, 0.1) is 7.11 Å². The number of halogens is 1. The molecule has 122 valence electrons. The summed E-state index contributed by atoms with van der Waals surface area (Å²) >= 11 is 5.78. The molecule has 0 saturated carbocycles. The van der Waals surface area contributed by atoms with Crippen LogP contribution >= 0.6 is 11.6 Å². The largest absolute Gasteiger partial charge is 0.497 e. The second kappa shape index (κ2) is 8.15. The molecule has 0 amide bonds. The lowest BCUT2D eigenvalue weighted by molar-refractivity contribution is 0.414. The molecule has 0 saturated heterocycles. The summed E-state index contributed by atoms with van der Waals surface area (Å²) in [5, 5.41) is 1.77. The summed E-state index contributed by atoms with van der Waals surface area (Å²) in [6.45, 7) is 0.333. The van der Waals surface area contributed by atoms with E-state index in [4.69, 9.17) is 16.3 Å². The Hall–Kier alpha value is -1.82. The van der Waals surface area contributed by atoms with Gasteiger partial charge in [0.25, 0.3) is 0 Å². The molecule has 0 spiro atoms. The fourth-order valence-corrected chi connectivity index (χ4v) is 2.87. The highest BCUT2D eigenvalue weighted by atomic mass is 35.5. The smallest absolute Gasteiger partial charge is 0.233 e. The van der Waals surface area contributed by atoms with E-state index in [1.165, 1.54) is 6.08 Å². The number of nitrogens with one attached hydrogen (secondary N) is 1. The van der Waals surface area contributed by atoms with Gasteiger partial charge in [-0.05, 0) is 47.9 Å². The second-order valence-electron chi connectivity index (χ2n) is 4.89. The van der Waals surface area contributed by atoms with Crippen LogP contribution in [0.2, 0.25) is 5.02 Å². The van der Waals surface area contributed by atoms with E-state index < -0.39 is 10.0 Å². The summed E-state index contributed by atoms with van der Waals surface area (Å²) in [5.41, 5.74) is 1.81. The molecule has 0 aliphatic carbocycles. The van der Waals surface area contributed by atoms with Crippen LogP contribution < -0.4 is 9.46 Å². The van der Waals surface area contributed by atoms with Gasteiger partial charge in [-0.2, -0.15) is 0 Å². The highest BCUT2D eigenvalue weighted by Crippen LogP contribution is 2.12. The van der Waals surface area contributed by atoms with Gasteiger partial charge in [-0.25, -0.2) is 13.1 Å². The number of sulfonamides is 1. The van der Waals surface area contributed by atoms with E-state index in [9.17, 15) is 8.42 Å². The normalized spacial score (nSPS) is 11.7. The molecule has 0 unspecified atom stereocenters. The van der Waals surface area contributed by atoms with Gasteiger partial charge in [0.2, 0.25) is 10.0 Å². The van der Waals surface area contributed by atoms with E-state index in [-0.39, 0.29) is 0 Å². The lowest BCUT2D eigenvalue weighted by Crippen LogP contribution is -2.23. The summed E-state index contributed by atoms with van der Waals surface area (Å²) in [5.74, 6) is 0.778. The Kier molecular flexibility index (Phi) is 6.21. The number of rotatable bonds is 7. The average Bonchev–Trinajstić information content (AvgIpc) is 2.55. The second-order valence-corrected chi connectivity index (χ2v) is 6.98. The van der Waals surface area contributed by atoms with Crippen LogP contribution in [0.5, 0.6) is 5.75 Å². The molecule has 2 rings (SSSR count). The van der Waals surface area contributed by atoms with Crippen molar-refractivity contribution in [2.45, 2.75) is 6.42 Å². The zero-order valence-electron chi connectivity index (χ0n) is 12.7. The lowest BCUT2D eigenvalue weighted by Gasteiger charge is -2.05. The van der Waals surface area contributed by atoms with Crippen LogP contribution in [0, 0.1) is 0 Å². The molecular formula is C17H18ClNO3S. The highest BCUT2D eigenvalue weighted by Gasteiger charge is 2.04. The van der Waals surface area contributed by atoms with E-state index in [0.717, 1.165) is 22.3 Å². The van der Waals surface area contributed by atoms with Gasteiger partial charge in [0.15, 0.2) is 0 Å². The van der Waals surface area contributed by atoms with Gasteiger partial charge >= 0.3 is 0 Å². The Morgan fingerprint density at radius 2 is 1.74 bits per heavy atom. The van der Waals surface area contributed by atoms with Gasteiger partial charge in [-0.3, -0.25) is 0 Å². The van der Waals surface area contributed by atoms with E-state index in [1.54, 1.807) is 31.4 Å². The first kappa shape index (κ1) is 17.5. The minimum absolute atomic E-state index is 0.333. The van der Waals surface area contributed by atoms with Crippen LogP contribution in [0.3, 0.4) is 0 Å². The first-order chi connectivity index (χ1) is 11.0. The Morgan fingerprint density at radius 1 is 1.09 bits per heavy atom. The summed E-state index contributed by atoms with van der Waals surface area (Å²) in [4.78, 5) is 0. The van der Waals surface area contributed by atoms with E-state index in [0.29, 0.717) is 18.0 Å². The van der Waals surface area contributed by atoms with Gasteiger partial charge in [0.1, 0.15) is 5.75 Å². The highest BCUT2D eigenvalue weighted by molar-refractivity contribution is 7.92. The summed E-state index contributed by atoms with van der Waals surface area (Å²) < 4.78 is 31.5. The van der Waals surface area contributed by atoms with Crippen LogP contribution in [0.4, 0.5) is 0 Å². The summed E-state index contributed by atoms with van der Waals surface area (Å²) in [6, 6.07) is 14.5. The first-order valence-electron chi connectivity index (χ1n) is 7.05. The fraction of sp³-hybridized carbons (Fsp3) is 0.176. The molecule has 0 aliphatic rings. The van der Waals surface area contributed by atoms with Gasteiger partial charge in [-0.15, -0.1) is 0 Å². The monoisotopic (exact) mass is 351 g/mol. The molecule has 2 aromatic carbocycles. The maximum absolute atomic E-state index is 11.9. The summed E-state index contributed by atoms with van der Waals surface area (Å²) in [7, 11) is -1.85. The molecule has 23 heavy (non-hydrogen) atoms. The lowest BCUT2D eigenvalue weighted by atomic mass is 10.1. The van der Waals surface area contributed by atoms with Crippen molar-refractivity contribution < 1.29 is 13.2 Å². The Balaban J connectivity index is 1.86. The number of hydrogen-bond acceptors (Lipinski definition) is 3. The van der Waals surface area contributed by atoms with Crippen LogP contribution in [0.15, 0.2) is 53.9 Å².